The van der Waals surface area contributed by atoms with E-state index in [1.165, 1.54) is 4.90 Å². The quantitative estimate of drug-likeness (QED) is 0.830. The molecule has 0 aromatic heterocycles. The van der Waals surface area contributed by atoms with Gasteiger partial charge < -0.3 is 15.3 Å². The standard InChI is InChI=1S/C16H18N2O3/c1-3-13(4-2)17-16(21)18-10-12-8-6-5-7-11(12)9-14(18)15(19)20/h1,5-8,13-14H,4,9-10H2,2H3,(H,17,21)(H,19,20). The van der Waals surface area contributed by atoms with E-state index in [4.69, 9.17) is 6.42 Å². The molecule has 1 aliphatic heterocycles. The van der Waals surface area contributed by atoms with Crippen LogP contribution in [-0.2, 0) is 17.8 Å². The predicted octanol–water partition coefficient (Wildman–Crippen LogP) is 1.62. The molecule has 1 aliphatic rings. The van der Waals surface area contributed by atoms with Crippen LogP contribution in [0.3, 0.4) is 0 Å². The fraction of sp³-hybridized carbons (Fsp3) is 0.375. The first kappa shape index (κ1) is 14.9. The van der Waals surface area contributed by atoms with Gasteiger partial charge in [0.1, 0.15) is 6.04 Å². The molecule has 5 nitrogen and oxygen atoms in total. The van der Waals surface area contributed by atoms with Crippen molar-refractivity contribution in [2.24, 2.45) is 0 Å². The molecule has 2 amide bonds. The van der Waals surface area contributed by atoms with Crippen molar-refractivity contribution in [1.82, 2.24) is 10.2 Å². The van der Waals surface area contributed by atoms with E-state index < -0.39 is 18.0 Å². The van der Waals surface area contributed by atoms with Crippen molar-refractivity contribution in [1.29, 1.82) is 0 Å². The fourth-order valence-electron chi connectivity index (χ4n) is 2.45. The van der Waals surface area contributed by atoms with E-state index in [-0.39, 0.29) is 12.6 Å². The van der Waals surface area contributed by atoms with Gasteiger partial charge in [-0.25, -0.2) is 9.59 Å². The molecule has 0 spiro atoms. The highest BCUT2D eigenvalue weighted by Gasteiger charge is 2.34. The predicted molar refractivity (Wildman–Crippen MR) is 78.6 cm³/mol. The van der Waals surface area contributed by atoms with Gasteiger partial charge in [0.15, 0.2) is 0 Å². The van der Waals surface area contributed by atoms with Crippen molar-refractivity contribution in [2.75, 3.05) is 0 Å². The van der Waals surface area contributed by atoms with Crippen LogP contribution >= 0.6 is 0 Å². The molecule has 0 saturated carbocycles. The van der Waals surface area contributed by atoms with E-state index in [9.17, 15) is 14.7 Å². The van der Waals surface area contributed by atoms with Gasteiger partial charge in [0.2, 0.25) is 0 Å². The molecule has 0 aliphatic carbocycles. The van der Waals surface area contributed by atoms with Crippen molar-refractivity contribution in [3.8, 4) is 12.3 Å². The number of benzene rings is 1. The number of fused-ring (bicyclic) bond motifs is 1. The van der Waals surface area contributed by atoms with Crippen molar-refractivity contribution >= 4 is 12.0 Å². The Hall–Kier alpha value is -2.48. The lowest BCUT2D eigenvalue weighted by Gasteiger charge is -2.35. The van der Waals surface area contributed by atoms with E-state index in [1.54, 1.807) is 0 Å². The number of carbonyl (C=O) groups excluding carboxylic acids is 1. The number of amides is 2. The van der Waals surface area contributed by atoms with Gasteiger partial charge in [-0.05, 0) is 17.5 Å². The zero-order valence-corrected chi connectivity index (χ0v) is 11.9. The van der Waals surface area contributed by atoms with Crippen LogP contribution in [0.4, 0.5) is 4.79 Å². The maximum absolute atomic E-state index is 12.3. The van der Waals surface area contributed by atoms with E-state index in [0.29, 0.717) is 12.8 Å². The highest BCUT2D eigenvalue weighted by atomic mass is 16.4. The van der Waals surface area contributed by atoms with Crippen LogP contribution in [0, 0.1) is 12.3 Å². The average molecular weight is 286 g/mol. The summed E-state index contributed by atoms with van der Waals surface area (Å²) in [6.45, 7) is 2.14. The Balaban J connectivity index is 2.23. The number of rotatable bonds is 3. The van der Waals surface area contributed by atoms with Crippen molar-refractivity contribution < 1.29 is 14.7 Å². The SMILES string of the molecule is C#CC(CC)NC(=O)N1Cc2ccccc2CC1C(=O)O. The molecule has 2 rings (SSSR count). The number of urea groups is 1. The molecule has 2 N–H and O–H groups in total. The minimum atomic E-state index is -1.01. The number of carboxylic acids is 1. The molecule has 2 atom stereocenters. The second-order valence-corrected chi connectivity index (χ2v) is 5.03. The van der Waals surface area contributed by atoms with Crippen LogP contribution < -0.4 is 5.32 Å². The normalized spacial score (nSPS) is 18.3. The van der Waals surface area contributed by atoms with Crippen LogP contribution in [0.2, 0.25) is 0 Å². The lowest BCUT2D eigenvalue weighted by molar-refractivity contribution is -0.142. The fourth-order valence-corrected chi connectivity index (χ4v) is 2.45. The second kappa shape index (κ2) is 6.31. The smallest absolute Gasteiger partial charge is 0.326 e. The number of terminal acetylenes is 1. The molecule has 1 aromatic carbocycles. The summed E-state index contributed by atoms with van der Waals surface area (Å²) in [6.07, 6.45) is 6.25. The Labute approximate surface area is 124 Å². The summed E-state index contributed by atoms with van der Waals surface area (Å²) in [6, 6.07) is 5.88. The van der Waals surface area contributed by atoms with Gasteiger partial charge in [0.25, 0.3) is 0 Å². The number of aliphatic carboxylic acids is 1. The molecule has 2 unspecified atom stereocenters. The Kier molecular flexibility index (Phi) is 4.49. The maximum Gasteiger partial charge on any atom is 0.326 e. The molecule has 0 bridgehead atoms. The zero-order chi connectivity index (χ0) is 15.4. The first-order valence-electron chi connectivity index (χ1n) is 6.89. The first-order chi connectivity index (χ1) is 10.1. The number of nitrogens with zero attached hydrogens (tertiary/aromatic N) is 1. The molecule has 5 heteroatoms. The highest BCUT2D eigenvalue weighted by Crippen LogP contribution is 2.23. The van der Waals surface area contributed by atoms with Crippen LogP contribution in [0.5, 0.6) is 0 Å². The minimum absolute atomic E-state index is 0.278. The van der Waals surface area contributed by atoms with E-state index in [0.717, 1.165) is 11.1 Å². The van der Waals surface area contributed by atoms with Gasteiger partial charge in [-0.3, -0.25) is 0 Å². The van der Waals surface area contributed by atoms with Crippen LogP contribution in [0.1, 0.15) is 24.5 Å². The van der Waals surface area contributed by atoms with E-state index >= 15 is 0 Å². The Morgan fingerprint density at radius 1 is 1.48 bits per heavy atom. The largest absolute Gasteiger partial charge is 0.480 e. The number of carbonyl (C=O) groups is 2. The van der Waals surface area contributed by atoms with Crippen LogP contribution in [0.25, 0.3) is 0 Å². The van der Waals surface area contributed by atoms with Gasteiger partial charge in [-0.15, -0.1) is 6.42 Å². The van der Waals surface area contributed by atoms with Crippen LogP contribution in [0.15, 0.2) is 24.3 Å². The molecule has 0 fully saturated rings. The minimum Gasteiger partial charge on any atom is -0.480 e. The Morgan fingerprint density at radius 3 is 2.71 bits per heavy atom. The number of hydrogen-bond acceptors (Lipinski definition) is 2. The summed E-state index contributed by atoms with van der Waals surface area (Å²) in [4.78, 5) is 25.1. The molecule has 1 aromatic rings. The van der Waals surface area contributed by atoms with Crippen molar-refractivity contribution in [2.45, 2.75) is 38.4 Å². The van der Waals surface area contributed by atoms with Gasteiger partial charge in [0, 0.05) is 13.0 Å². The highest BCUT2D eigenvalue weighted by molar-refractivity contribution is 5.84. The third-order valence-electron chi connectivity index (χ3n) is 3.70. The number of hydrogen-bond donors (Lipinski definition) is 2. The lowest BCUT2D eigenvalue weighted by atomic mass is 9.94. The monoisotopic (exact) mass is 286 g/mol. The molecular weight excluding hydrogens is 268 g/mol. The third-order valence-corrected chi connectivity index (χ3v) is 3.70. The summed E-state index contributed by atoms with van der Waals surface area (Å²) in [5, 5.41) is 12.1. The Morgan fingerprint density at radius 2 is 2.14 bits per heavy atom. The molecule has 0 radical (unpaired) electrons. The second-order valence-electron chi connectivity index (χ2n) is 5.03. The van der Waals surface area contributed by atoms with Gasteiger partial charge in [-0.2, -0.15) is 0 Å². The van der Waals surface area contributed by atoms with Crippen LogP contribution in [-0.4, -0.2) is 34.1 Å². The zero-order valence-electron chi connectivity index (χ0n) is 11.9. The third kappa shape index (κ3) is 3.16. The van der Waals surface area contributed by atoms with E-state index in [2.05, 4.69) is 11.2 Å². The first-order valence-corrected chi connectivity index (χ1v) is 6.89. The maximum atomic E-state index is 12.3. The van der Waals surface area contributed by atoms with Crippen molar-refractivity contribution in [3.63, 3.8) is 0 Å². The molecular formula is C16H18N2O3. The van der Waals surface area contributed by atoms with Gasteiger partial charge >= 0.3 is 12.0 Å². The summed E-state index contributed by atoms with van der Waals surface area (Å²) in [5.41, 5.74) is 1.94. The topological polar surface area (TPSA) is 69.6 Å². The van der Waals surface area contributed by atoms with Gasteiger partial charge in [0.05, 0.1) is 6.04 Å². The Bertz CT molecular complexity index is 591. The number of carboxylic acid groups (broad SMARTS) is 1. The molecule has 0 saturated heterocycles. The number of nitrogens with one attached hydrogen (secondary N) is 1. The summed E-state index contributed by atoms with van der Waals surface area (Å²) in [7, 11) is 0. The molecule has 1 heterocycles. The molecule has 110 valence electrons. The summed E-state index contributed by atoms with van der Waals surface area (Å²) < 4.78 is 0. The summed E-state index contributed by atoms with van der Waals surface area (Å²) in [5.74, 6) is 1.47. The van der Waals surface area contributed by atoms with E-state index in [1.807, 2.05) is 31.2 Å². The van der Waals surface area contributed by atoms with Crippen molar-refractivity contribution in [3.05, 3.63) is 35.4 Å². The average Bonchev–Trinajstić information content (AvgIpc) is 2.50. The summed E-state index contributed by atoms with van der Waals surface area (Å²) >= 11 is 0. The molecule has 21 heavy (non-hydrogen) atoms. The lowest BCUT2D eigenvalue weighted by Crippen LogP contribution is -2.53. The van der Waals surface area contributed by atoms with Gasteiger partial charge in [-0.1, -0.05) is 37.1 Å².